The maximum atomic E-state index is 10.8. The van der Waals surface area contributed by atoms with Crippen molar-refractivity contribution in [2.75, 3.05) is 7.11 Å². The van der Waals surface area contributed by atoms with E-state index in [9.17, 15) is 20.5 Å². The molecule has 0 aromatic heterocycles. The number of benzene rings is 2. The van der Waals surface area contributed by atoms with Gasteiger partial charge in [0.25, 0.3) is 5.69 Å². The minimum atomic E-state index is -0.529. The highest BCUT2D eigenvalue weighted by molar-refractivity contribution is 6.32. The number of allylic oxidation sites excluding steroid dienone is 1. The molecule has 0 fully saturated rings. The van der Waals surface area contributed by atoms with E-state index in [0.717, 1.165) is 0 Å². The number of nitro benzene ring substituents is 1. The quantitative estimate of drug-likeness (QED) is 0.395. The van der Waals surface area contributed by atoms with Crippen LogP contribution in [0.2, 0.25) is 5.02 Å². The van der Waals surface area contributed by atoms with Gasteiger partial charge in [-0.2, -0.15) is 5.26 Å². The molecule has 6 nitrogen and oxygen atoms in total. The monoisotopic (exact) mass is 330 g/mol. The Bertz CT molecular complexity index is 840. The van der Waals surface area contributed by atoms with E-state index in [0.29, 0.717) is 11.1 Å². The zero-order valence-corrected chi connectivity index (χ0v) is 12.7. The van der Waals surface area contributed by atoms with Gasteiger partial charge in [-0.3, -0.25) is 10.1 Å². The molecule has 1 N–H and O–H groups in total. The predicted octanol–water partition coefficient (Wildman–Crippen LogP) is 4.03. The minimum absolute atomic E-state index is 0.0759. The van der Waals surface area contributed by atoms with Gasteiger partial charge in [-0.25, -0.2) is 0 Å². The molecule has 0 radical (unpaired) electrons. The Hall–Kier alpha value is -3.04. The molecule has 2 rings (SSSR count). The number of nitrogens with zero attached hydrogens (tertiary/aromatic N) is 2. The Morgan fingerprint density at radius 2 is 2.17 bits per heavy atom. The summed E-state index contributed by atoms with van der Waals surface area (Å²) in [5, 5.41) is 29.9. The molecular weight excluding hydrogens is 320 g/mol. The summed E-state index contributed by atoms with van der Waals surface area (Å²) in [6.07, 6.45) is 1.51. The van der Waals surface area contributed by atoms with E-state index in [1.807, 2.05) is 6.07 Å². The van der Waals surface area contributed by atoms with Gasteiger partial charge in [0.15, 0.2) is 11.5 Å². The van der Waals surface area contributed by atoms with Crippen LogP contribution < -0.4 is 4.74 Å². The third-order valence-electron chi connectivity index (χ3n) is 3.07. The first-order chi connectivity index (χ1) is 11.0. The molecule has 0 heterocycles. The summed E-state index contributed by atoms with van der Waals surface area (Å²) < 4.78 is 5.00. The number of halogens is 1. The lowest BCUT2D eigenvalue weighted by molar-refractivity contribution is -0.384. The van der Waals surface area contributed by atoms with Crippen molar-refractivity contribution in [1.82, 2.24) is 0 Å². The molecule has 0 unspecified atom stereocenters. The van der Waals surface area contributed by atoms with Gasteiger partial charge < -0.3 is 9.84 Å². The molecule has 0 aliphatic rings. The summed E-state index contributed by atoms with van der Waals surface area (Å²) in [7, 11) is 1.38. The maximum absolute atomic E-state index is 10.8. The molecule has 0 aliphatic heterocycles. The first-order valence-corrected chi connectivity index (χ1v) is 6.77. The number of hydrogen-bond donors (Lipinski definition) is 1. The van der Waals surface area contributed by atoms with Crippen LogP contribution in [0.15, 0.2) is 36.4 Å². The first kappa shape index (κ1) is 16.3. The molecule has 7 heteroatoms. The van der Waals surface area contributed by atoms with Gasteiger partial charge in [0.2, 0.25) is 0 Å². The number of nitriles is 1. The van der Waals surface area contributed by atoms with Gasteiger partial charge in [-0.15, -0.1) is 0 Å². The van der Waals surface area contributed by atoms with E-state index in [4.69, 9.17) is 16.3 Å². The molecular formula is C16H11ClN2O4. The lowest BCUT2D eigenvalue weighted by Gasteiger charge is -2.07. The van der Waals surface area contributed by atoms with Gasteiger partial charge in [0, 0.05) is 12.1 Å². The Labute approximate surface area is 137 Å². The van der Waals surface area contributed by atoms with Crippen LogP contribution in [0.1, 0.15) is 11.1 Å². The standard InChI is InChI=1S/C16H11ClN2O4/c1-23-15-7-10(6-14(17)16(15)20)5-12(9-18)11-3-2-4-13(8-11)19(21)22/h2-8,20H,1H3/b12-5-. The fraction of sp³-hybridized carbons (Fsp3) is 0.0625. The van der Waals surface area contributed by atoms with Gasteiger partial charge in [0.1, 0.15) is 0 Å². The van der Waals surface area contributed by atoms with Crippen molar-refractivity contribution in [2.45, 2.75) is 0 Å². The predicted molar refractivity (Wildman–Crippen MR) is 86.2 cm³/mol. The Morgan fingerprint density at radius 3 is 2.78 bits per heavy atom. The molecule has 2 aromatic carbocycles. The molecule has 2 aromatic rings. The van der Waals surface area contributed by atoms with Crippen molar-refractivity contribution < 1.29 is 14.8 Å². The van der Waals surface area contributed by atoms with E-state index in [2.05, 4.69) is 0 Å². The molecule has 0 aliphatic carbocycles. The highest BCUT2D eigenvalue weighted by atomic mass is 35.5. The second-order valence-electron chi connectivity index (χ2n) is 4.53. The number of methoxy groups -OCH3 is 1. The number of nitro groups is 1. The van der Waals surface area contributed by atoms with Gasteiger partial charge in [-0.05, 0) is 29.3 Å². The molecule has 0 amide bonds. The van der Waals surface area contributed by atoms with E-state index in [1.165, 1.54) is 43.5 Å². The number of non-ortho nitro benzene ring substituents is 1. The molecule has 23 heavy (non-hydrogen) atoms. The van der Waals surface area contributed by atoms with Crippen LogP contribution in [0.4, 0.5) is 5.69 Å². The smallest absolute Gasteiger partial charge is 0.270 e. The number of rotatable bonds is 4. The van der Waals surface area contributed by atoms with Crippen molar-refractivity contribution in [3.8, 4) is 17.6 Å². The number of phenolic OH excluding ortho intramolecular Hbond substituents is 1. The van der Waals surface area contributed by atoms with Gasteiger partial charge in [0.05, 0.1) is 28.7 Å². The summed E-state index contributed by atoms with van der Waals surface area (Å²) in [5.41, 5.74) is 1.04. The summed E-state index contributed by atoms with van der Waals surface area (Å²) in [4.78, 5) is 10.3. The topological polar surface area (TPSA) is 96.4 Å². The maximum Gasteiger partial charge on any atom is 0.270 e. The summed E-state index contributed by atoms with van der Waals surface area (Å²) in [5.74, 6) is -0.0275. The highest BCUT2D eigenvalue weighted by Gasteiger charge is 2.11. The van der Waals surface area contributed by atoms with E-state index in [1.54, 1.807) is 6.07 Å². The Balaban J connectivity index is 2.52. The summed E-state index contributed by atoms with van der Waals surface area (Å²) in [6, 6.07) is 10.7. The second kappa shape index (κ2) is 6.81. The zero-order valence-electron chi connectivity index (χ0n) is 12.0. The molecule has 0 atom stereocenters. The summed E-state index contributed by atoms with van der Waals surface area (Å²) in [6.45, 7) is 0. The molecule has 0 bridgehead atoms. The van der Waals surface area contributed by atoms with Crippen molar-refractivity contribution in [3.05, 3.63) is 62.7 Å². The highest BCUT2D eigenvalue weighted by Crippen LogP contribution is 2.36. The normalized spacial score (nSPS) is 10.9. The van der Waals surface area contributed by atoms with Crippen LogP contribution in [-0.4, -0.2) is 17.1 Å². The van der Waals surface area contributed by atoms with E-state index in [-0.39, 0.29) is 27.8 Å². The number of aromatic hydroxyl groups is 1. The lowest BCUT2D eigenvalue weighted by Crippen LogP contribution is -1.90. The van der Waals surface area contributed by atoms with Crippen molar-refractivity contribution in [1.29, 1.82) is 5.26 Å². The second-order valence-corrected chi connectivity index (χ2v) is 4.94. The van der Waals surface area contributed by atoms with Crippen LogP contribution in [0, 0.1) is 21.4 Å². The van der Waals surface area contributed by atoms with Gasteiger partial charge in [-0.1, -0.05) is 23.7 Å². The van der Waals surface area contributed by atoms with Crippen molar-refractivity contribution >= 4 is 28.9 Å². The van der Waals surface area contributed by atoms with Crippen LogP contribution in [-0.2, 0) is 0 Å². The third-order valence-corrected chi connectivity index (χ3v) is 3.36. The molecule has 116 valence electrons. The molecule has 0 saturated heterocycles. The number of ether oxygens (including phenoxy) is 1. The zero-order chi connectivity index (χ0) is 17.0. The number of phenols is 1. The fourth-order valence-electron chi connectivity index (χ4n) is 1.97. The Morgan fingerprint density at radius 1 is 1.43 bits per heavy atom. The third kappa shape index (κ3) is 3.59. The average Bonchev–Trinajstić information content (AvgIpc) is 2.55. The van der Waals surface area contributed by atoms with Gasteiger partial charge >= 0.3 is 0 Å². The van der Waals surface area contributed by atoms with Crippen LogP contribution in [0.25, 0.3) is 11.6 Å². The molecule has 0 spiro atoms. The number of hydrogen-bond acceptors (Lipinski definition) is 5. The Kier molecular flexibility index (Phi) is 4.84. The first-order valence-electron chi connectivity index (χ1n) is 6.39. The van der Waals surface area contributed by atoms with E-state index < -0.39 is 4.92 Å². The van der Waals surface area contributed by atoms with E-state index >= 15 is 0 Å². The van der Waals surface area contributed by atoms with Crippen LogP contribution in [0.5, 0.6) is 11.5 Å². The van der Waals surface area contributed by atoms with Crippen molar-refractivity contribution in [3.63, 3.8) is 0 Å². The fourth-order valence-corrected chi connectivity index (χ4v) is 2.19. The van der Waals surface area contributed by atoms with Crippen molar-refractivity contribution in [2.24, 2.45) is 0 Å². The largest absolute Gasteiger partial charge is 0.503 e. The molecule has 0 saturated carbocycles. The van der Waals surface area contributed by atoms with Crippen LogP contribution >= 0.6 is 11.6 Å². The lowest BCUT2D eigenvalue weighted by atomic mass is 10.0. The average molecular weight is 331 g/mol. The van der Waals surface area contributed by atoms with Crippen LogP contribution in [0.3, 0.4) is 0 Å². The minimum Gasteiger partial charge on any atom is -0.503 e. The SMILES string of the molecule is COc1cc(/C=C(/C#N)c2cccc([N+](=O)[O-])c2)cc(Cl)c1O. The summed E-state index contributed by atoms with van der Waals surface area (Å²) >= 11 is 5.91.